The zero-order valence-electron chi connectivity index (χ0n) is 12.2. The Balaban J connectivity index is 3.04. The Hall–Kier alpha value is -1.28. The Morgan fingerprint density at radius 2 is 1.90 bits per heavy atom. The Labute approximate surface area is 122 Å². The SMILES string of the molecule is CNCc1ccc(N(C)CCS(C)(=O)=O)cc1C(F)(F)F. The summed E-state index contributed by atoms with van der Waals surface area (Å²) >= 11 is 0. The van der Waals surface area contributed by atoms with Gasteiger partial charge in [-0.3, -0.25) is 0 Å². The summed E-state index contributed by atoms with van der Waals surface area (Å²) in [6.45, 7) is 0.254. The van der Waals surface area contributed by atoms with Crippen LogP contribution in [0, 0.1) is 0 Å². The van der Waals surface area contributed by atoms with E-state index in [4.69, 9.17) is 0 Å². The van der Waals surface area contributed by atoms with Gasteiger partial charge in [-0.15, -0.1) is 0 Å². The summed E-state index contributed by atoms with van der Waals surface area (Å²) in [5.41, 5.74) is -0.211. The Bertz CT molecular complexity index is 586. The fraction of sp³-hybridized carbons (Fsp3) is 0.538. The molecule has 1 N–H and O–H groups in total. The molecule has 0 saturated carbocycles. The molecule has 4 nitrogen and oxygen atoms in total. The first-order valence-electron chi connectivity index (χ1n) is 6.28. The third-order valence-corrected chi connectivity index (χ3v) is 3.93. The number of alkyl halides is 3. The van der Waals surface area contributed by atoms with Gasteiger partial charge >= 0.3 is 6.18 Å². The predicted octanol–water partition coefficient (Wildman–Crippen LogP) is 1.91. The fourth-order valence-electron chi connectivity index (χ4n) is 1.84. The molecule has 0 unspecified atom stereocenters. The van der Waals surface area contributed by atoms with Gasteiger partial charge in [0.2, 0.25) is 0 Å². The first kappa shape index (κ1) is 17.8. The number of anilines is 1. The largest absolute Gasteiger partial charge is 0.416 e. The lowest BCUT2D eigenvalue weighted by Gasteiger charge is -2.21. The Morgan fingerprint density at radius 3 is 2.38 bits per heavy atom. The summed E-state index contributed by atoms with van der Waals surface area (Å²) in [5, 5.41) is 2.70. The minimum Gasteiger partial charge on any atom is -0.374 e. The highest BCUT2D eigenvalue weighted by molar-refractivity contribution is 7.90. The standard InChI is InChI=1S/C13H19F3N2O2S/c1-17-9-10-4-5-11(8-12(10)13(14,15)16)18(2)6-7-21(3,19)20/h4-5,8,17H,6-7,9H2,1-3H3. The third kappa shape index (κ3) is 5.55. The second kappa shape index (κ2) is 6.65. The van der Waals surface area contributed by atoms with Crippen LogP contribution in [-0.4, -0.2) is 41.1 Å². The van der Waals surface area contributed by atoms with Gasteiger partial charge in [0.15, 0.2) is 0 Å². The quantitative estimate of drug-likeness (QED) is 0.868. The number of sulfone groups is 1. The van der Waals surface area contributed by atoms with Gasteiger partial charge in [-0.05, 0) is 24.7 Å². The fourth-order valence-corrected chi connectivity index (χ4v) is 2.45. The lowest BCUT2D eigenvalue weighted by atomic mass is 10.1. The van der Waals surface area contributed by atoms with Crippen LogP contribution in [0.4, 0.5) is 18.9 Å². The molecule has 0 radical (unpaired) electrons. The Kier molecular flexibility index (Phi) is 5.63. The molecule has 0 saturated heterocycles. The molecular formula is C13H19F3N2O2S. The van der Waals surface area contributed by atoms with E-state index in [0.29, 0.717) is 5.69 Å². The van der Waals surface area contributed by atoms with Crippen LogP contribution in [0.5, 0.6) is 0 Å². The summed E-state index contributed by atoms with van der Waals surface area (Å²) in [6.07, 6.45) is -3.35. The highest BCUT2D eigenvalue weighted by Gasteiger charge is 2.33. The van der Waals surface area contributed by atoms with E-state index in [1.165, 1.54) is 11.0 Å². The molecule has 0 amide bonds. The molecule has 0 fully saturated rings. The molecular weight excluding hydrogens is 305 g/mol. The zero-order valence-corrected chi connectivity index (χ0v) is 13.0. The lowest BCUT2D eigenvalue weighted by molar-refractivity contribution is -0.138. The van der Waals surface area contributed by atoms with Crippen molar-refractivity contribution in [2.75, 3.05) is 37.5 Å². The molecule has 0 aromatic heterocycles. The number of nitrogens with zero attached hydrogens (tertiary/aromatic N) is 1. The van der Waals surface area contributed by atoms with E-state index in [1.807, 2.05) is 0 Å². The van der Waals surface area contributed by atoms with E-state index in [9.17, 15) is 21.6 Å². The van der Waals surface area contributed by atoms with Crippen LogP contribution in [0.15, 0.2) is 18.2 Å². The first-order chi connectivity index (χ1) is 9.54. The Morgan fingerprint density at radius 1 is 1.29 bits per heavy atom. The van der Waals surface area contributed by atoms with Gasteiger partial charge in [0.05, 0.1) is 11.3 Å². The van der Waals surface area contributed by atoms with Gasteiger partial charge in [-0.2, -0.15) is 13.2 Å². The van der Waals surface area contributed by atoms with Crippen molar-refractivity contribution in [3.05, 3.63) is 29.3 Å². The molecule has 0 heterocycles. The van der Waals surface area contributed by atoms with Crippen molar-refractivity contribution < 1.29 is 21.6 Å². The smallest absolute Gasteiger partial charge is 0.374 e. The molecule has 21 heavy (non-hydrogen) atoms. The highest BCUT2D eigenvalue weighted by Crippen LogP contribution is 2.34. The summed E-state index contributed by atoms with van der Waals surface area (Å²) in [6, 6.07) is 4.02. The normalized spacial score (nSPS) is 12.5. The minimum atomic E-state index is -4.44. The maximum atomic E-state index is 13.0. The highest BCUT2D eigenvalue weighted by atomic mass is 32.2. The number of benzene rings is 1. The van der Waals surface area contributed by atoms with E-state index in [0.717, 1.165) is 12.3 Å². The summed E-state index contributed by atoms with van der Waals surface area (Å²) in [5.74, 6) is -0.108. The third-order valence-electron chi connectivity index (χ3n) is 3.00. The van der Waals surface area contributed by atoms with Gasteiger partial charge < -0.3 is 10.2 Å². The van der Waals surface area contributed by atoms with Gasteiger partial charge in [-0.25, -0.2) is 8.42 Å². The van der Waals surface area contributed by atoms with Crippen molar-refractivity contribution in [2.45, 2.75) is 12.7 Å². The minimum absolute atomic E-state index is 0.108. The van der Waals surface area contributed by atoms with Crippen molar-refractivity contribution in [3.8, 4) is 0 Å². The first-order valence-corrected chi connectivity index (χ1v) is 8.34. The summed E-state index contributed by atoms with van der Waals surface area (Å²) in [4.78, 5) is 1.50. The summed E-state index contributed by atoms with van der Waals surface area (Å²) in [7, 11) is -0.0128. The molecule has 1 aromatic rings. The lowest BCUT2D eigenvalue weighted by Crippen LogP contribution is -2.25. The van der Waals surface area contributed by atoms with Crippen LogP contribution in [0.2, 0.25) is 0 Å². The van der Waals surface area contributed by atoms with Crippen LogP contribution in [-0.2, 0) is 22.6 Å². The molecule has 0 spiro atoms. The number of halogens is 3. The monoisotopic (exact) mass is 324 g/mol. The van der Waals surface area contributed by atoms with E-state index in [2.05, 4.69) is 5.32 Å². The number of rotatable bonds is 6. The molecule has 120 valence electrons. The van der Waals surface area contributed by atoms with Crippen LogP contribution in [0.3, 0.4) is 0 Å². The maximum absolute atomic E-state index is 13.0. The topological polar surface area (TPSA) is 49.4 Å². The molecule has 0 bridgehead atoms. The van der Waals surface area contributed by atoms with E-state index in [-0.39, 0.29) is 24.4 Å². The van der Waals surface area contributed by atoms with E-state index in [1.54, 1.807) is 20.2 Å². The van der Waals surface area contributed by atoms with Crippen LogP contribution in [0.1, 0.15) is 11.1 Å². The zero-order chi connectivity index (χ0) is 16.3. The van der Waals surface area contributed by atoms with Crippen molar-refractivity contribution in [3.63, 3.8) is 0 Å². The average Bonchev–Trinajstić information content (AvgIpc) is 2.34. The van der Waals surface area contributed by atoms with Crippen molar-refractivity contribution >= 4 is 15.5 Å². The second-order valence-electron chi connectivity index (χ2n) is 4.92. The van der Waals surface area contributed by atoms with Gasteiger partial charge in [0.25, 0.3) is 0 Å². The van der Waals surface area contributed by atoms with Gasteiger partial charge in [-0.1, -0.05) is 6.07 Å². The molecule has 0 aliphatic heterocycles. The molecule has 0 aliphatic carbocycles. The van der Waals surface area contributed by atoms with Gasteiger partial charge in [0.1, 0.15) is 9.84 Å². The maximum Gasteiger partial charge on any atom is 0.416 e. The molecule has 1 rings (SSSR count). The number of hydrogen-bond donors (Lipinski definition) is 1. The predicted molar refractivity (Wildman–Crippen MR) is 77.2 cm³/mol. The molecule has 0 atom stereocenters. The van der Waals surface area contributed by atoms with Crippen molar-refractivity contribution in [1.82, 2.24) is 5.32 Å². The van der Waals surface area contributed by atoms with E-state index >= 15 is 0 Å². The molecule has 0 aliphatic rings. The van der Waals surface area contributed by atoms with E-state index < -0.39 is 21.6 Å². The number of nitrogens with one attached hydrogen (secondary N) is 1. The molecule has 1 aromatic carbocycles. The number of hydrogen-bond acceptors (Lipinski definition) is 4. The van der Waals surface area contributed by atoms with Gasteiger partial charge in [0, 0.05) is 32.1 Å². The van der Waals surface area contributed by atoms with Crippen LogP contribution < -0.4 is 10.2 Å². The van der Waals surface area contributed by atoms with Crippen LogP contribution in [0.25, 0.3) is 0 Å². The van der Waals surface area contributed by atoms with Crippen molar-refractivity contribution in [2.24, 2.45) is 0 Å². The summed E-state index contributed by atoms with van der Waals surface area (Å²) < 4.78 is 61.4. The molecule has 8 heteroatoms. The van der Waals surface area contributed by atoms with Crippen molar-refractivity contribution in [1.29, 1.82) is 0 Å². The van der Waals surface area contributed by atoms with Crippen LogP contribution >= 0.6 is 0 Å². The average molecular weight is 324 g/mol. The second-order valence-corrected chi connectivity index (χ2v) is 7.18.